The minimum absolute atomic E-state index is 0.254. The Kier molecular flexibility index (Phi) is 7.01. The van der Waals surface area contributed by atoms with Crippen LogP contribution < -0.4 is 5.43 Å². The van der Waals surface area contributed by atoms with Gasteiger partial charge in [0.2, 0.25) is 0 Å². The van der Waals surface area contributed by atoms with Crippen LogP contribution in [0.2, 0.25) is 5.02 Å². The van der Waals surface area contributed by atoms with Crippen molar-refractivity contribution >= 4 is 35.0 Å². The average molecular weight is 425 g/mol. The Balaban J connectivity index is 1.58. The summed E-state index contributed by atoms with van der Waals surface area (Å²) in [5, 5.41) is 5.59. The monoisotopic (exact) mass is 424 g/mol. The van der Waals surface area contributed by atoms with Gasteiger partial charge < -0.3 is 0 Å². The van der Waals surface area contributed by atoms with Gasteiger partial charge in [-0.2, -0.15) is 5.10 Å². The van der Waals surface area contributed by atoms with Gasteiger partial charge >= 0.3 is 0 Å². The maximum atomic E-state index is 12.3. The third kappa shape index (κ3) is 6.14. The smallest absolute Gasteiger partial charge is 0.267 e. The zero-order chi connectivity index (χ0) is 20.8. The summed E-state index contributed by atoms with van der Waals surface area (Å²) >= 11 is 7.46. The van der Waals surface area contributed by atoms with Crippen LogP contribution in [-0.4, -0.2) is 21.6 Å². The Hall–Kier alpha value is -2.70. The van der Waals surface area contributed by atoms with E-state index >= 15 is 0 Å². The van der Waals surface area contributed by atoms with Gasteiger partial charge in [0.1, 0.15) is 0 Å². The number of halogens is 1. The van der Waals surface area contributed by atoms with Gasteiger partial charge in [0.25, 0.3) is 5.91 Å². The van der Waals surface area contributed by atoms with Crippen molar-refractivity contribution in [2.24, 2.45) is 5.10 Å². The quantitative estimate of drug-likeness (QED) is 0.256. The van der Waals surface area contributed by atoms with Crippen molar-refractivity contribution in [2.75, 3.05) is 0 Å². The van der Waals surface area contributed by atoms with E-state index in [9.17, 15) is 4.79 Å². The van der Waals surface area contributed by atoms with Gasteiger partial charge in [-0.25, -0.2) is 15.4 Å². The first-order valence-electron chi connectivity index (χ1n) is 9.05. The number of hydrazone groups is 1. The number of aryl methyl sites for hydroxylation is 2. The molecule has 0 aliphatic heterocycles. The summed E-state index contributed by atoms with van der Waals surface area (Å²) in [5.41, 5.74) is 7.76. The van der Waals surface area contributed by atoms with Crippen molar-refractivity contribution in [1.29, 1.82) is 0 Å². The third-order valence-corrected chi connectivity index (χ3v) is 5.30. The summed E-state index contributed by atoms with van der Waals surface area (Å²) in [5.74, 6) is 0.480. The number of thioether (sulfide) groups is 1. The minimum Gasteiger partial charge on any atom is -0.267 e. The molecule has 1 N–H and O–H groups in total. The molecule has 0 atom stereocenters. The molecular weight excluding hydrogens is 404 g/mol. The van der Waals surface area contributed by atoms with Gasteiger partial charge in [-0.15, -0.1) is 0 Å². The van der Waals surface area contributed by atoms with E-state index in [1.807, 2.05) is 51.1 Å². The molecule has 0 saturated carbocycles. The van der Waals surface area contributed by atoms with Crippen molar-refractivity contribution in [1.82, 2.24) is 15.4 Å². The van der Waals surface area contributed by atoms with E-state index in [2.05, 4.69) is 20.5 Å². The van der Waals surface area contributed by atoms with Crippen LogP contribution in [0.5, 0.6) is 0 Å². The lowest BCUT2D eigenvalue weighted by Gasteiger charge is -2.05. The number of hydrogen-bond donors (Lipinski definition) is 1. The molecule has 0 fully saturated rings. The molecule has 0 radical (unpaired) electrons. The molecule has 0 saturated heterocycles. The SMILES string of the molecule is CC(=NNC(=O)c1ccc(CSc2nc(C)cc(C)n2)cc1)c1ccc(Cl)cc1. The van der Waals surface area contributed by atoms with Crippen molar-refractivity contribution in [3.8, 4) is 0 Å². The second-order valence-electron chi connectivity index (χ2n) is 6.56. The summed E-state index contributed by atoms with van der Waals surface area (Å²) in [7, 11) is 0. The lowest BCUT2D eigenvalue weighted by molar-refractivity contribution is 0.0955. The topological polar surface area (TPSA) is 67.2 Å². The first kappa shape index (κ1) is 21.0. The maximum absolute atomic E-state index is 12.3. The van der Waals surface area contributed by atoms with E-state index in [1.165, 1.54) is 0 Å². The van der Waals surface area contributed by atoms with E-state index in [4.69, 9.17) is 11.6 Å². The molecule has 1 aromatic heterocycles. The second kappa shape index (κ2) is 9.67. The summed E-state index contributed by atoms with van der Waals surface area (Å²) < 4.78 is 0. The molecule has 7 heteroatoms. The largest absolute Gasteiger partial charge is 0.271 e. The Morgan fingerprint density at radius 3 is 2.21 bits per heavy atom. The van der Waals surface area contributed by atoms with Gasteiger partial charge in [0, 0.05) is 27.7 Å². The predicted octanol–water partition coefficient (Wildman–Crippen LogP) is 5.19. The minimum atomic E-state index is -0.254. The van der Waals surface area contributed by atoms with Gasteiger partial charge in [0.15, 0.2) is 5.16 Å². The molecule has 29 heavy (non-hydrogen) atoms. The van der Waals surface area contributed by atoms with Crippen molar-refractivity contribution < 1.29 is 4.79 Å². The van der Waals surface area contributed by atoms with Gasteiger partial charge in [0.05, 0.1) is 5.71 Å². The molecule has 148 valence electrons. The van der Waals surface area contributed by atoms with Crippen LogP contribution in [-0.2, 0) is 5.75 Å². The van der Waals surface area contributed by atoms with E-state index in [0.717, 1.165) is 33.4 Å². The molecule has 0 aliphatic rings. The van der Waals surface area contributed by atoms with Crippen LogP contribution in [0.4, 0.5) is 0 Å². The van der Waals surface area contributed by atoms with Crippen molar-refractivity contribution in [2.45, 2.75) is 31.7 Å². The van der Waals surface area contributed by atoms with Crippen molar-refractivity contribution in [3.63, 3.8) is 0 Å². The van der Waals surface area contributed by atoms with Crippen LogP contribution in [0.25, 0.3) is 0 Å². The number of nitrogens with one attached hydrogen (secondary N) is 1. The van der Waals surface area contributed by atoms with Crippen molar-refractivity contribution in [3.05, 3.63) is 87.7 Å². The Morgan fingerprint density at radius 2 is 1.59 bits per heavy atom. The molecule has 0 bridgehead atoms. The number of rotatable bonds is 6. The first-order valence-corrected chi connectivity index (χ1v) is 10.4. The molecule has 3 aromatic rings. The van der Waals surface area contributed by atoms with E-state index < -0.39 is 0 Å². The zero-order valence-corrected chi connectivity index (χ0v) is 18.0. The zero-order valence-electron chi connectivity index (χ0n) is 16.4. The second-order valence-corrected chi connectivity index (χ2v) is 7.94. The first-order chi connectivity index (χ1) is 13.9. The van der Waals surface area contributed by atoms with E-state index in [0.29, 0.717) is 16.3 Å². The fourth-order valence-electron chi connectivity index (χ4n) is 2.61. The van der Waals surface area contributed by atoms with Crippen LogP contribution in [0.3, 0.4) is 0 Å². The molecule has 5 nitrogen and oxygen atoms in total. The summed E-state index contributed by atoms with van der Waals surface area (Å²) in [6.07, 6.45) is 0. The molecular formula is C22H21ClN4OS. The predicted molar refractivity (Wildman–Crippen MR) is 119 cm³/mol. The Morgan fingerprint density at radius 1 is 1.00 bits per heavy atom. The van der Waals surface area contributed by atoms with Crippen LogP contribution in [0, 0.1) is 13.8 Å². The summed E-state index contributed by atoms with van der Waals surface area (Å²) in [6, 6.07) is 16.7. The Labute approximate surface area is 179 Å². The third-order valence-electron chi connectivity index (χ3n) is 4.13. The molecule has 2 aromatic carbocycles. The number of carbonyl (C=O) groups is 1. The number of hydrogen-bond acceptors (Lipinski definition) is 5. The Bertz CT molecular complexity index is 1010. The maximum Gasteiger partial charge on any atom is 0.271 e. The highest BCUT2D eigenvalue weighted by molar-refractivity contribution is 7.98. The fourth-order valence-corrected chi connectivity index (χ4v) is 3.64. The summed E-state index contributed by atoms with van der Waals surface area (Å²) in [4.78, 5) is 21.2. The highest BCUT2D eigenvalue weighted by Crippen LogP contribution is 2.20. The van der Waals surface area contributed by atoms with Crippen LogP contribution in [0.1, 0.15) is 39.8 Å². The molecule has 0 spiro atoms. The molecule has 3 rings (SSSR count). The van der Waals surface area contributed by atoms with Gasteiger partial charge in [-0.05, 0) is 62.2 Å². The molecule has 1 heterocycles. The highest BCUT2D eigenvalue weighted by Gasteiger charge is 2.07. The normalized spacial score (nSPS) is 11.4. The highest BCUT2D eigenvalue weighted by atomic mass is 35.5. The van der Waals surface area contributed by atoms with Crippen LogP contribution in [0.15, 0.2) is 64.9 Å². The van der Waals surface area contributed by atoms with E-state index in [-0.39, 0.29) is 5.91 Å². The molecule has 0 unspecified atom stereocenters. The number of amides is 1. The molecule has 1 amide bonds. The summed E-state index contributed by atoms with van der Waals surface area (Å²) in [6.45, 7) is 5.76. The standard InChI is InChI=1S/C22H21ClN4OS/c1-14-12-15(2)25-22(24-14)29-13-17-4-6-19(7-5-17)21(28)27-26-16(3)18-8-10-20(23)11-9-18/h4-12H,13H2,1-3H3,(H,27,28). The number of carbonyl (C=O) groups excluding carboxylic acids is 1. The van der Waals surface area contributed by atoms with Gasteiger partial charge in [-0.1, -0.05) is 47.6 Å². The lowest BCUT2D eigenvalue weighted by atomic mass is 10.1. The number of aromatic nitrogens is 2. The lowest BCUT2D eigenvalue weighted by Crippen LogP contribution is -2.19. The van der Waals surface area contributed by atoms with Gasteiger partial charge in [-0.3, -0.25) is 4.79 Å². The van der Waals surface area contributed by atoms with E-state index in [1.54, 1.807) is 36.0 Å². The number of nitrogens with zero attached hydrogens (tertiary/aromatic N) is 3. The van der Waals surface area contributed by atoms with Crippen LogP contribution >= 0.6 is 23.4 Å². The number of benzene rings is 2. The average Bonchev–Trinajstić information content (AvgIpc) is 2.70. The fraction of sp³-hybridized carbons (Fsp3) is 0.182. The molecule has 0 aliphatic carbocycles.